The maximum absolute atomic E-state index is 12.5. The smallest absolute Gasteiger partial charge is 0.320 e. The average molecular weight is 492 g/mol. The molecular formula is C26H45N5O4. The van der Waals surface area contributed by atoms with E-state index < -0.39 is 5.60 Å². The van der Waals surface area contributed by atoms with Crippen LogP contribution in [0, 0.1) is 15.5 Å². The quantitative estimate of drug-likeness (QED) is 0.369. The summed E-state index contributed by atoms with van der Waals surface area (Å²) in [5.41, 5.74) is 0.866. The summed E-state index contributed by atoms with van der Waals surface area (Å²) in [7, 11) is 0. The predicted molar refractivity (Wildman–Crippen MR) is 139 cm³/mol. The van der Waals surface area contributed by atoms with Crippen molar-refractivity contribution in [1.82, 2.24) is 20.0 Å². The number of non-ortho nitro benzene ring substituents is 1. The average Bonchev–Trinajstić information content (AvgIpc) is 2.71. The van der Waals surface area contributed by atoms with Crippen LogP contribution in [0.5, 0.6) is 0 Å². The summed E-state index contributed by atoms with van der Waals surface area (Å²) < 4.78 is 5.55. The molecule has 35 heavy (non-hydrogen) atoms. The fourth-order valence-electron chi connectivity index (χ4n) is 4.18. The number of carbonyl (C=O) groups excluding carboxylic acids is 1. The van der Waals surface area contributed by atoms with Crippen molar-refractivity contribution in [1.29, 1.82) is 0 Å². The van der Waals surface area contributed by atoms with Crippen molar-refractivity contribution in [2.24, 2.45) is 5.41 Å². The summed E-state index contributed by atoms with van der Waals surface area (Å²) in [6, 6.07) is 6.81. The number of nitrogens with zero attached hydrogens (tertiary/aromatic N) is 4. The molecule has 1 aromatic carbocycles. The Balaban J connectivity index is 2.11. The molecule has 0 atom stereocenters. The number of benzene rings is 1. The van der Waals surface area contributed by atoms with Crippen LogP contribution in [-0.4, -0.2) is 96.6 Å². The largest absolute Gasteiger partial charge is 0.459 e. The predicted octanol–water partition coefficient (Wildman–Crippen LogP) is 2.99. The molecule has 9 heteroatoms. The van der Waals surface area contributed by atoms with E-state index in [0.29, 0.717) is 6.54 Å². The van der Waals surface area contributed by atoms with E-state index in [1.54, 1.807) is 12.1 Å². The Hall–Kier alpha value is -2.07. The molecule has 2 rings (SSSR count). The number of esters is 1. The Morgan fingerprint density at radius 3 is 2.00 bits per heavy atom. The zero-order valence-electron chi connectivity index (χ0n) is 22.5. The number of hydrogen-bond donors (Lipinski definition) is 1. The molecule has 9 nitrogen and oxygen atoms in total. The van der Waals surface area contributed by atoms with Crippen LogP contribution in [0.15, 0.2) is 24.3 Å². The summed E-state index contributed by atoms with van der Waals surface area (Å²) in [5.74, 6) is -0.206. The van der Waals surface area contributed by atoms with Gasteiger partial charge in [-0.2, -0.15) is 0 Å². The molecule has 1 saturated heterocycles. The van der Waals surface area contributed by atoms with Crippen molar-refractivity contribution in [3.05, 3.63) is 39.9 Å². The number of ether oxygens (including phenoxy) is 1. The minimum Gasteiger partial charge on any atom is -0.459 e. The van der Waals surface area contributed by atoms with Crippen molar-refractivity contribution in [3.63, 3.8) is 0 Å². The van der Waals surface area contributed by atoms with E-state index >= 15 is 0 Å². The highest BCUT2D eigenvalue weighted by Gasteiger charge is 2.21. The Morgan fingerprint density at radius 1 is 0.914 bits per heavy atom. The SMILES string of the molecule is CC(C)(C)CN1CCNCCN(CC(=O)OC(C)(C)C)CCN(Cc2ccc([N+](=O)[O-])cc2)CC1. The van der Waals surface area contributed by atoms with Gasteiger partial charge in [0.15, 0.2) is 0 Å². The number of nitro groups is 1. The molecule has 0 unspecified atom stereocenters. The number of carbonyl (C=O) groups is 1. The molecule has 0 amide bonds. The lowest BCUT2D eigenvalue weighted by atomic mass is 9.96. The number of nitro benzene ring substituents is 1. The zero-order chi connectivity index (χ0) is 26.1. The fourth-order valence-corrected chi connectivity index (χ4v) is 4.18. The molecule has 0 radical (unpaired) electrons. The Kier molecular flexibility index (Phi) is 11.1. The van der Waals surface area contributed by atoms with E-state index in [0.717, 1.165) is 64.5 Å². The Morgan fingerprint density at radius 2 is 1.46 bits per heavy atom. The van der Waals surface area contributed by atoms with E-state index in [4.69, 9.17) is 4.74 Å². The summed E-state index contributed by atoms with van der Waals surface area (Å²) in [5, 5.41) is 14.6. The number of hydrogen-bond acceptors (Lipinski definition) is 8. The molecule has 1 aromatic rings. The molecule has 1 heterocycles. The lowest BCUT2D eigenvalue weighted by Gasteiger charge is -2.34. The van der Waals surface area contributed by atoms with Crippen LogP contribution in [0.25, 0.3) is 0 Å². The minimum atomic E-state index is -0.500. The van der Waals surface area contributed by atoms with Gasteiger partial charge in [-0.3, -0.25) is 24.7 Å². The van der Waals surface area contributed by atoms with Crippen molar-refractivity contribution in [2.45, 2.75) is 53.7 Å². The van der Waals surface area contributed by atoms with Crippen LogP contribution in [0.3, 0.4) is 0 Å². The first kappa shape index (κ1) is 29.2. The number of rotatable bonds is 6. The highest BCUT2D eigenvalue weighted by Crippen LogP contribution is 2.16. The van der Waals surface area contributed by atoms with Crippen LogP contribution in [0.2, 0.25) is 0 Å². The van der Waals surface area contributed by atoms with E-state index in [-0.39, 0.29) is 28.5 Å². The molecule has 0 aliphatic carbocycles. The van der Waals surface area contributed by atoms with Crippen LogP contribution in [0.4, 0.5) is 5.69 Å². The van der Waals surface area contributed by atoms with E-state index in [1.807, 2.05) is 32.9 Å². The second-order valence-electron chi connectivity index (χ2n) is 11.6. The molecule has 0 saturated carbocycles. The first-order valence-corrected chi connectivity index (χ1v) is 12.6. The normalized spacial score (nSPS) is 18.5. The molecule has 198 valence electrons. The molecule has 0 bridgehead atoms. The molecule has 1 aliphatic heterocycles. The van der Waals surface area contributed by atoms with Gasteiger partial charge in [-0.1, -0.05) is 32.9 Å². The van der Waals surface area contributed by atoms with Gasteiger partial charge in [-0.15, -0.1) is 0 Å². The van der Waals surface area contributed by atoms with E-state index in [1.165, 1.54) is 0 Å². The lowest BCUT2D eigenvalue weighted by molar-refractivity contribution is -0.384. The van der Waals surface area contributed by atoms with Gasteiger partial charge in [0.2, 0.25) is 0 Å². The van der Waals surface area contributed by atoms with E-state index in [2.05, 4.69) is 40.8 Å². The Labute approximate surface area is 210 Å². The molecule has 0 spiro atoms. The third-order valence-electron chi connectivity index (χ3n) is 5.70. The second kappa shape index (κ2) is 13.3. The van der Waals surface area contributed by atoms with Gasteiger partial charge >= 0.3 is 5.97 Å². The van der Waals surface area contributed by atoms with Gasteiger partial charge < -0.3 is 15.0 Å². The first-order chi connectivity index (χ1) is 16.3. The highest BCUT2D eigenvalue weighted by atomic mass is 16.6. The highest BCUT2D eigenvalue weighted by molar-refractivity contribution is 5.72. The lowest BCUT2D eigenvalue weighted by Crippen LogP contribution is -2.47. The monoisotopic (exact) mass is 491 g/mol. The molecule has 1 N–H and O–H groups in total. The minimum absolute atomic E-state index is 0.106. The number of nitrogens with one attached hydrogen (secondary N) is 1. The van der Waals surface area contributed by atoms with Gasteiger partial charge in [0, 0.05) is 77.6 Å². The topological polar surface area (TPSA) is 91.2 Å². The van der Waals surface area contributed by atoms with Crippen LogP contribution >= 0.6 is 0 Å². The van der Waals surface area contributed by atoms with Crippen LogP contribution < -0.4 is 5.32 Å². The summed E-state index contributed by atoms with van der Waals surface area (Å²) >= 11 is 0. The molecule has 1 aliphatic rings. The maximum atomic E-state index is 12.5. The van der Waals surface area contributed by atoms with Crippen LogP contribution in [-0.2, 0) is 16.1 Å². The van der Waals surface area contributed by atoms with E-state index in [9.17, 15) is 14.9 Å². The third kappa shape index (κ3) is 12.5. The molecular weight excluding hydrogens is 446 g/mol. The van der Waals surface area contributed by atoms with Crippen molar-refractivity contribution >= 4 is 11.7 Å². The Bertz CT molecular complexity index is 801. The summed E-state index contributed by atoms with van der Waals surface area (Å²) in [6.45, 7) is 21.3. The fraction of sp³-hybridized carbons (Fsp3) is 0.731. The van der Waals surface area contributed by atoms with Crippen molar-refractivity contribution in [2.75, 3.05) is 65.4 Å². The first-order valence-electron chi connectivity index (χ1n) is 12.6. The van der Waals surface area contributed by atoms with Gasteiger partial charge in [0.05, 0.1) is 11.5 Å². The van der Waals surface area contributed by atoms with Crippen molar-refractivity contribution < 1.29 is 14.5 Å². The standard InChI is InChI=1S/C26H45N5O4/c1-25(2,3)21-30-14-12-27-11-13-28(20-24(32)35-26(4,5)6)15-16-29(17-18-30)19-22-7-9-23(10-8-22)31(33)34/h7-10,27H,11-21H2,1-6H3. The molecule has 1 fully saturated rings. The third-order valence-corrected chi connectivity index (χ3v) is 5.70. The van der Waals surface area contributed by atoms with Crippen molar-refractivity contribution in [3.8, 4) is 0 Å². The van der Waals surface area contributed by atoms with Gasteiger partial charge in [0.1, 0.15) is 5.60 Å². The second-order valence-corrected chi connectivity index (χ2v) is 11.6. The van der Waals surface area contributed by atoms with Crippen LogP contribution in [0.1, 0.15) is 47.1 Å². The van der Waals surface area contributed by atoms with Gasteiger partial charge in [-0.05, 0) is 31.7 Å². The summed E-state index contributed by atoms with van der Waals surface area (Å²) in [4.78, 5) is 30.2. The zero-order valence-corrected chi connectivity index (χ0v) is 22.5. The van der Waals surface area contributed by atoms with Gasteiger partial charge in [-0.25, -0.2) is 0 Å². The molecule has 0 aromatic heterocycles. The summed E-state index contributed by atoms with van der Waals surface area (Å²) in [6.07, 6.45) is 0. The van der Waals surface area contributed by atoms with Gasteiger partial charge in [0.25, 0.3) is 5.69 Å². The maximum Gasteiger partial charge on any atom is 0.320 e.